The molecule has 0 bridgehead atoms. The summed E-state index contributed by atoms with van der Waals surface area (Å²) >= 11 is 12.1. The molecule has 2 fully saturated rings. The molecular formula is C26H25Cl2F3N4O8S2. The quantitative estimate of drug-likeness (QED) is 0.329. The second kappa shape index (κ2) is 13.6. The van der Waals surface area contributed by atoms with Gasteiger partial charge in [0.25, 0.3) is 0 Å². The second-order valence-corrected chi connectivity index (χ2v) is 14.9. The number of aliphatic hydroxyl groups excluding tert-OH is 2. The molecule has 0 aliphatic carbocycles. The minimum atomic E-state index is -3.29. The van der Waals surface area contributed by atoms with Crippen molar-refractivity contribution < 1.29 is 50.3 Å². The predicted molar refractivity (Wildman–Crippen MR) is 154 cm³/mol. The fourth-order valence-corrected chi connectivity index (χ4v) is 7.92. The van der Waals surface area contributed by atoms with Crippen molar-refractivity contribution >= 4 is 49.7 Å². The standard InChI is InChI=1S/C26H25Cl2F3N4O8S2/c27-15-2-1-14(9-16(15)28)44(39)26-25(42-12-21(37)34-3-5-45(40,41)6-4-34)23(24(38)20(11-36)43-26)35-10-19(32-33-35)13-7-17(29)22(31)18(30)8-13/h1-2,7-10,20,23-26,36,38H,3-6,11-12H2/t20-,23+,24+,25-,26-,44?/m1/s1. The minimum absolute atomic E-state index is 0.0693. The monoisotopic (exact) mass is 712 g/mol. The van der Waals surface area contributed by atoms with Crippen LogP contribution in [-0.4, -0.2) is 110 Å². The number of amides is 1. The van der Waals surface area contributed by atoms with Crippen LogP contribution in [0.5, 0.6) is 0 Å². The number of benzene rings is 2. The summed E-state index contributed by atoms with van der Waals surface area (Å²) < 4.78 is 91.8. The third-order valence-corrected chi connectivity index (χ3v) is 11.2. The molecule has 1 amide bonds. The Bertz CT molecular complexity index is 1700. The first kappa shape index (κ1) is 33.7. The van der Waals surface area contributed by atoms with Crippen LogP contribution >= 0.6 is 23.2 Å². The normalized spacial score (nSPS) is 25.7. The lowest BCUT2D eigenvalue weighted by atomic mass is 9.97. The highest BCUT2D eigenvalue weighted by molar-refractivity contribution is 7.91. The van der Waals surface area contributed by atoms with E-state index in [9.17, 15) is 40.8 Å². The maximum atomic E-state index is 13.9. The molecule has 3 heterocycles. The molecule has 0 spiro atoms. The third-order valence-electron chi connectivity index (χ3n) is 7.35. The fourth-order valence-electron chi connectivity index (χ4n) is 4.93. The van der Waals surface area contributed by atoms with Crippen molar-refractivity contribution in [3.05, 3.63) is 64.0 Å². The summed E-state index contributed by atoms with van der Waals surface area (Å²) in [4.78, 5) is 14.4. The molecule has 2 N–H and O–H groups in total. The molecule has 3 aromatic rings. The van der Waals surface area contributed by atoms with Crippen LogP contribution in [0.3, 0.4) is 0 Å². The summed E-state index contributed by atoms with van der Waals surface area (Å²) in [5, 5.41) is 29.3. The summed E-state index contributed by atoms with van der Waals surface area (Å²) in [6.45, 7) is -1.55. The van der Waals surface area contributed by atoms with Crippen LogP contribution in [0.2, 0.25) is 10.0 Å². The topological polar surface area (TPSA) is 161 Å². The zero-order chi connectivity index (χ0) is 32.6. The molecule has 5 rings (SSSR count). The molecule has 1 unspecified atom stereocenters. The van der Waals surface area contributed by atoms with Gasteiger partial charge >= 0.3 is 0 Å². The number of carbonyl (C=O) groups is 1. The molecule has 19 heteroatoms. The Balaban J connectivity index is 1.51. The van der Waals surface area contributed by atoms with Crippen LogP contribution in [-0.2, 0) is 34.9 Å². The van der Waals surface area contributed by atoms with Crippen LogP contribution in [0, 0.1) is 17.5 Å². The SMILES string of the molecule is O=C(CO[C@@H]1[C@@H](n2cc(-c3cc(F)c(F)c(F)c3)nn2)[C@@H](O)[C@@H](CO)O[C@@H]1S(=O)c1ccc(Cl)c(Cl)c1)N1CCS(=O)(=O)CC1. The van der Waals surface area contributed by atoms with Gasteiger partial charge in [0.15, 0.2) is 32.7 Å². The van der Waals surface area contributed by atoms with Gasteiger partial charge in [0.2, 0.25) is 5.91 Å². The minimum Gasteiger partial charge on any atom is -0.394 e. The molecular weight excluding hydrogens is 688 g/mol. The van der Waals surface area contributed by atoms with Crippen LogP contribution < -0.4 is 0 Å². The number of halogens is 5. The van der Waals surface area contributed by atoms with Crippen molar-refractivity contribution in [1.29, 1.82) is 0 Å². The molecule has 2 aliphatic heterocycles. The van der Waals surface area contributed by atoms with Gasteiger partial charge in [-0.05, 0) is 30.3 Å². The van der Waals surface area contributed by atoms with Gasteiger partial charge in [-0.3, -0.25) is 9.00 Å². The Kier molecular flexibility index (Phi) is 10.2. The lowest BCUT2D eigenvalue weighted by molar-refractivity contribution is -0.196. The number of aliphatic hydroxyl groups is 2. The molecule has 0 radical (unpaired) electrons. The average molecular weight is 714 g/mol. The number of aromatic nitrogens is 3. The summed E-state index contributed by atoms with van der Waals surface area (Å²) in [6.07, 6.45) is -3.27. The predicted octanol–water partition coefficient (Wildman–Crippen LogP) is 1.74. The van der Waals surface area contributed by atoms with Gasteiger partial charge in [0, 0.05) is 23.5 Å². The molecule has 2 saturated heterocycles. The van der Waals surface area contributed by atoms with Gasteiger partial charge in [-0.1, -0.05) is 28.4 Å². The van der Waals surface area contributed by atoms with Gasteiger partial charge in [0.1, 0.15) is 36.7 Å². The van der Waals surface area contributed by atoms with E-state index in [1.165, 1.54) is 23.1 Å². The van der Waals surface area contributed by atoms with E-state index in [1.807, 2.05) is 0 Å². The molecule has 6 atom stereocenters. The Morgan fingerprint density at radius 2 is 1.78 bits per heavy atom. The Morgan fingerprint density at radius 3 is 2.40 bits per heavy atom. The Hall–Kier alpha value is -2.64. The maximum Gasteiger partial charge on any atom is 0.248 e. The van der Waals surface area contributed by atoms with Gasteiger partial charge in [-0.15, -0.1) is 5.10 Å². The van der Waals surface area contributed by atoms with E-state index in [0.717, 1.165) is 10.9 Å². The van der Waals surface area contributed by atoms with Crippen LogP contribution in [0.15, 0.2) is 41.4 Å². The molecule has 12 nitrogen and oxygen atoms in total. The summed E-state index contributed by atoms with van der Waals surface area (Å²) in [5.74, 6) is -5.71. The van der Waals surface area contributed by atoms with E-state index in [1.54, 1.807) is 0 Å². The van der Waals surface area contributed by atoms with Crippen molar-refractivity contribution in [3.63, 3.8) is 0 Å². The van der Waals surface area contributed by atoms with Gasteiger partial charge in [-0.2, -0.15) is 0 Å². The number of rotatable bonds is 8. The van der Waals surface area contributed by atoms with Crippen molar-refractivity contribution in [2.75, 3.05) is 37.8 Å². The van der Waals surface area contributed by atoms with Crippen molar-refractivity contribution in [1.82, 2.24) is 19.9 Å². The third kappa shape index (κ3) is 7.20. The molecule has 244 valence electrons. The van der Waals surface area contributed by atoms with Crippen molar-refractivity contribution in [2.45, 2.75) is 34.7 Å². The van der Waals surface area contributed by atoms with Crippen LogP contribution in [0.4, 0.5) is 13.2 Å². The maximum absolute atomic E-state index is 13.9. The highest BCUT2D eigenvalue weighted by Gasteiger charge is 2.50. The van der Waals surface area contributed by atoms with Gasteiger partial charge in [-0.25, -0.2) is 26.3 Å². The molecule has 2 aliphatic rings. The number of carbonyl (C=O) groups excluding carboxylic acids is 1. The van der Waals surface area contributed by atoms with E-state index < -0.39 is 87.0 Å². The number of sulfone groups is 1. The van der Waals surface area contributed by atoms with Crippen molar-refractivity contribution in [3.8, 4) is 11.3 Å². The summed E-state index contributed by atoms with van der Waals surface area (Å²) in [6, 6.07) is 4.14. The Labute approximate surface area is 267 Å². The first-order valence-electron chi connectivity index (χ1n) is 13.3. The molecule has 0 saturated carbocycles. The average Bonchev–Trinajstić information content (AvgIpc) is 3.49. The number of hydrogen-bond donors (Lipinski definition) is 2. The summed E-state index contributed by atoms with van der Waals surface area (Å²) in [5.41, 5.74) is -1.81. The highest BCUT2D eigenvalue weighted by Crippen LogP contribution is 2.37. The second-order valence-electron chi connectivity index (χ2n) is 10.2. The number of ether oxygens (including phenoxy) is 2. The molecule has 2 aromatic carbocycles. The number of nitrogens with zero attached hydrogens (tertiary/aromatic N) is 4. The first-order valence-corrected chi connectivity index (χ1v) is 17.0. The van der Waals surface area contributed by atoms with Gasteiger partial charge < -0.3 is 24.6 Å². The lowest BCUT2D eigenvalue weighted by Crippen LogP contribution is -2.58. The van der Waals surface area contributed by atoms with E-state index in [-0.39, 0.29) is 50.8 Å². The van der Waals surface area contributed by atoms with E-state index in [0.29, 0.717) is 12.1 Å². The lowest BCUT2D eigenvalue weighted by Gasteiger charge is -2.43. The zero-order valence-electron chi connectivity index (χ0n) is 22.9. The van der Waals surface area contributed by atoms with E-state index >= 15 is 0 Å². The Morgan fingerprint density at radius 1 is 1.11 bits per heavy atom. The van der Waals surface area contributed by atoms with Crippen LogP contribution in [0.1, 0.15) is 6.04 Å². The largest absolute Gasteiger partial charge is 0.394 e. The van der Waals surface area contributed by atoms with Gasteiger partial charge in [0.05, 0.1) is 45.2 Å². The zero-order valence-corrected chi connectivity index (χ0v) is 26.1. The molecule has 45 heavy (non-hydrogen) atoms. The molecule has 1 aromatic heterocycles. The van der Waals surface area contributed by atoms with E-state index in [2.05, 4.69) is 10.3 Å². The van der Waals surface area contributed by atoms with Crippen molar-refractivity contribution in [2.24, 2.45) is 0 Å². The van der Waals surface area contributed by atoms with E-state index in [4.69, 9.17) is 32.7 Å². The summed E-state index contributed by atoms with van der Waals surface area (Å²) in [7, 11) is -5.43. The first-order chi connectivity index (χ1) is 21.3. The smallest absolute Gasteiger partial charge is 0.248 e. The fraction of sp³-hybridized carbons (Fsp3) is 0.423. The van der Waals surface area contributed by atoms with Crippen LogP contribution in [0.25, 0.3) is 11.3 Å². The number of hydrogen-bond acceptors (Lipinski definition) is 10. The highest BCUT2D eigenvalue weighted by atomic mass is 35.5.